The molecule has 0 saturated heterocycles. The predicted molar refractivity (Wildman–Crippen MR) is 59.2 cm³/mol. The maximum Gasteiger partial charge on any atom is 0.339 e. The number of primary sulfonamides is 1. The second-order valence-corrected chi connectivity index (χ2v) is 5.15. The van der Waals surface area contributed by atoms with Gasteiger partial charge in [-0.2, -0.15) is 0 Å². The first-order valence-corrected chi connectivity index (χ1v) is 6.17. The Balaban J connectivity index is 3.56. The Hall–Kier alpha value is -0.820. The van der Waals surface area contributed by atoms with E-state index in [1.54, 1.807) is 0 Å². The Morgan fingerprint density at radius 1 is 1.38 bits per heavy atom. The van der Waals surface area contributed by atoms with Gasteiger partial charge in [-0.15, -0.1) is 0 Å². The van der Waals surface area contributed by atoms with Gasteiger partial charge in [0.05, 0.1) is 17.7 Å². The number of nitrogens with two attached hydrogens (primary N) is 1. The summed E-state index contributed by atoms with van der Waals surface area (Å²) in [6.45, 7) is 0. The van der Waals surface area contributed by atoms with E-state index in [9.17, 15) is 13.2 Å². The minimum atomic E-state index is -4.04. The molecule has 2 N–H and O–H groups in total. The van der Waals surface area contributed by atoms with Crippen LogP contribution in [0.3, 0.4) is 0 Å². The van der Waals surface area contributed by atoms with Crippen molar-refractivity contribution in [3.63, 3.8) is 0 Å². The molecule has 0 bridgehead atoms. The van der Waals surface area contributed by atoms with E-state index in [4.69, 9.17) is 28.3 Å². The highest BCUT2D eigenvalue weighted by Crippen LogP contribution is 2.29. The first-order chi connectivity index (χ1) is 7.27. The van der Waals surface area contributed by atoms with Crippen LogP contribution >= 0.6 is 23.2 Å². The van der Waals surface area contributed by atoms with Crippen LogP contribution in [0.4, 0.5) is 0 Å². The summed E-state index contributed by atoms with van der Waals surface area (Å²) >= 11 is 11.4. The van der Waals surface area contributed by atoms with Gasteiger partial charge >= 0.3 is 5.97 Å². The third-order valence-electron chi connectivity index (χ3n) is 1.72. The molecule has 0 unspecified atom stereocenters. The van der Waals surface area contributed by atoms with Crippen molar-refractivity contribution in [2.24, 2.45) is 5.14 Å². The minimum Gasteiger partial charge on any atom is -0.465 e. The SMILES string of the molecule is COC(=O)c1cc(Cl)cc(S(N)(=O)=O)c1Cl. The second-order valence-electron chi connectivity index (χ2n) is 2.80. The number of rotatable bonds is 2. The quantitative estimate of drug-likeness (QED) is 0.832. The average molecular weight is 284 g/mol. The van der Waals surface area contributed by atoms with E-state index in [2.05, 4.69) is 4.74 Å². The molecule has 0 heterocycles. The van der Waals surface area contributed by atoms with Gasteiger partial charge < -0.3 is 4.74 Å². The number of hydrogen-bond donors (Lipinski definition) is 1. The molecule has 0 amide bonds. The number of methoxy groups -OCH3 is 1. The van der Waals surface area contributed by atoms with Crippen molar-refractivity contribution in [3.05, 3.63) is 27.7 Å². The molecule has 1 aromatic carbocycles. The molecule has 88 valence electrons. The fraction of sp³-hybridized carbons (Fsp3) is 0.125. The molecular formula is C8H7Cl2NO4S. The lowest BCUT2D eigenvalue weighted by molar-refractivity contribution is 0.0600. The third kappa shape index (κ3) is 2.65. The lowest BCUT2D eigenvalue weighted by atomic mass is 10.2. The molecule has 0 radical (unpaired) electrons. The normalized spacial score (nSPS) is 11.2. The standard InChI is InChI=1S/C8H7Cl2NO4S/c1-15-8(12)5-2-4(9)3-6(7(5)10)16(11,13)14/h2-3H,1H3,(H2,11,13,14). The number of ether oxygens (including phenoxy) is 1. The van der Waals surface area contributed by atoms with E-state index in [1.807, 2.05) is 0 Å². The molecular weight excluding hydrogens is 277 g/mol. The summed E-state index contributed by atoms with van der Waals surface area (Å²) in [5.74, 6) is -0.794. The number of carbonyl (C=O) groups excluding carboxylic acids is 1. The van der Waals surface area contributed by atoms with Crippen LogP contribution in [0.2, 0.25) is 10.0 Å². The van der Waals surface area contributed by atoms with E-state index in [1.165, 1.54) is 6.07 Å². The Bertz CT molecular complexity index is 541. The van der Waals surface area contributed by atoms with Crippen molar-refractivity contribution >= 4 is 39.2 Å². The maximum atomic E-state index is 11.3. The number of esters is 1. The Morgan fingerprint density at radius 3 is 2.38 bits per heavy atom. The minimum absolute atomic E-state index is 0.0221. The largest absolute Gasteiger partial charge is 0.465 e. The van der Waals surface area contributed by atoms with E-state index < -0.39 is 20.9 Å². The van der Waals surface area contributed by atoms with Crippen molar-refractivity contribution in [1.29, 1.82) is 0 Å². The van der Waals surface area contributed by atoms with Crippen LogP contribution in [0.5, 0.6) is 0 Å². The van der Waals surface area contributed by atoms with E-state index in [0.29, 0.717) is 0 Å². The lowest BCUT2D eigenvalue weighted by Gasteiger charge is -2.07. The van der Waals surface area contributed by atoms with Crippen molar-refractivity contribution in [2.45, 2.75) is 4.90 Å². The van der Waals surface area contributed by atoms with Crippen LogP contribution < -0.4 is 5.14 Å². The van der Waals surface area contributed by atoms with Gasteiger partial charge in [0.15, 0.2) is 0 Å². The highest BCUT2D eigenvalue weighted by atomic mass is 35.5. The summed E-state index contributed by atoms with van der Waals surface area (Å²) in [6.07, 6.45) is 0. The first kappa shape index (κ1) is 13.2. The second kappa shape index (κ2) is 4.58. The summed E-state index contributed by atoms with van der Waals surface area (Å²) < 4.78 is 26.7. The highest BCUT2D eigenvalue weighted by molar-refractivity contribution is 7.89. The smallest absolute Gasteiger partial charge is 0.339 e. The van der Waals surface area contributed by atoms with E-state index in [-0.39, 0.29) is 15.6 Å². The molecule has 0 aliphatic heterocycles. The molecule has 8 heteroatoms. The molecule has 5 nitrogen and oxygen atoms in total. The average Bonchev–Trinajstić information content (AvgIpc) is 2.18. The summed E-state index contributed by atoms with van der Waals surface area (Å²) in [5.41, 5.74) is -0.152. The van der Waals surface area contributed by atoms with Crippen LogP contribution in [-0.2, 0) is 14.8 Å². The fourth-order valence-corrected chi connectivity index (χ4v) is 2.47. The zero-order valence-electron chi connectivity index (χ0n) is 8.03. The molecule has 16 heavy (non-hydrogen) atoms. The van der Waals surface area contributed by atoms with Crippen molar-refractivity contribution in [1.82, 2.24) is 0 Å². The molecule has 0 atom stereocenters. The summed E-state index contributed by atoms with van der Waals surface area (Å²) in [6, 6.07) is 2.26. The number of halogens is 2. The maximum absolute atomic E-state index is 11.3. The zero-order chi connectivity index (χ0) is 12.5. The third-order valence-corrected chi connectivity index (χ3v) is 3.39. The predicted octanol–water partition coefficient (Wildman–Crippen LogP) is 1.43. The molecule has 0 aliphatic carbocycles. The van der Waals surface area contributed by atoms with Gasteiger partial charge in [0.25, 0.3) is 0 Å². The number of sulfonamides is 1. The van der Waals surface area contributed by atoms with E-state index in [0.717, 1.165) is 13.2 Å². The Kier molecular flexibility index (Phi) is 3.80. The molecule has 1 rings (SSSR count). The highest BCUT2D eigenvalue weighted by Gasteiger charge is 2.21. The topological polar surface area (TPSA) is 86.5 Å². The Morgan fingerprint density at radius 2 is 1.94 bits per heavy atom. The van der Waals surface area contributed by atoms with Crippen LogP contribution in [0, 0.1) is 0 Å². The van der Waals surface area contributed by atoms with Gasteiger partial charge in [-0.05, 0) is 12.1 Å². The molecule has 0 spiro atoms. The van der Waals surface area contributed by atoms with Gasteiger partial charge in [-0.3, -0.25) is 0 Å². The summed E-state index contributed by atoms with van der Waals surface area (Å²) in [7, 11) is -2.91. The van der Waals surface area contributed by atoms with Crippen molar-refractivity contribution in [3.8, 4) is 0 Å². The van der Waals surface area contributed by atoms with E-state index >= 15 is 0 Å². The molecule has 0 fully saturated rings. The number of carbonyl (C=O) groups is 1. The van der Waals surface area contributed by atoms with Gasteiger partial charge in [0.2, 0.25) is 10.0 Å². The number of hydrogen-bond acceptors (Lipinski definition) is 4. The molecule has 0 aliphatic rings. The van der Waals surface area contributed by atoms with Gasteiger partial charge in [-0.25, -0.2) is 18.4 Å². The molecule has 1 aromatic rings. The van der Waals surface area contributed by atoms with Gasteiger partial charge in [0.1, 0.15) is 4.90 Å². The lowest BCUT2D eigenvalue weighted by Crippen LogP contribution is -2.14. The van der Waals surface area contributed by atoms with Crippen LogP contribution in [0.25, 0.3) is 0 Å². The van der Waals surface area contributed by atoms with Crippen LogP contribution in [0.1, 0.15) is 10.4 Å². The summed E-state index contributed by atoms with van der Waals surface area (Å²) in [4.78, 5) is 10.8. The Labute approximate surface area is 102 Å². The van der Waals surface area contributed by atoms with Crippen LogP contribution in [-0.4, -0.2) is 21.5 Å². The van der Waals surface area contributed by atoms with Crippen molar-refractivity contribution < 1.29 is 17.9 Å². The zero-order valence-corrected chi connectivity index (χ0v) is 10.4. The summed E-state index contributed by atoms with van der Waals surface area (Å²) in [5, 5.41) is 4.63. The van der Waals surface area contributed by atoms with Crippen LogP contribution in [0.15, 0.2) is 17.0 Å². The van der Waals surface area contributed by atoms with Gasteiger partial charge in [-0.1, -0.05) is 23.2 Å². The fourth-order valence-electron chi connectivity index (χ4n) is 1.03. The first-order valence-electron chi connectivity index (χ1n) is 3.87. The van der Waals surface area contributed by atoms with Crippen molar-refractivity contribution in [2.75, 3.05) is 7.11 Å². The monoisotopic (exact) mass is 283 g/mol. The number of benzene rings is 1. The molecule has 0 aromatic heterocycles. The van der Waals surface area contributed by atoms with Gasteiger partial charge in [0, 0.05) is 5.02 Å². The molecule has 0 saturated carbocycles.